The normalized spacial score (nSPS) is 10.2. The summed E-state index contributed by atoms with van der Waals surface area (Å²) in [7, 11) is 1.66. The third-order valence-corrected chi connectivity index (χ3v) is 3.31. The first-order valence-electron chi connectivity index (χ1n) is 5.72. The maximum absolute atomic E-state index is 12.2. The van der Waals surface area contributed by atoms with Gasteiger partial charge < -0.3 is 5.32 Å². The van der Waals surface area contributed by atoms with Gasteiger partial charge >= 0.3 is 0 Å². The van der Waals surface area contributed by atoms with Crippen LogP contribution in [-0.2, 0) is 13.5 Å². The van der Waals surface area contributed by atoms with Crippen LogP contribution in [0.25, 0.3) is 0 Å². The molecule has 2 heterocycles. The smallest absolute Gasteiger partial charge is 0.270 e. The first-order valence-corrected chi connectivity index (χ1v) is 6.49. The van der Waals surface area contributed by atoms with Gasteiger partial charge in [-0.1, -0.05) is 17.8 Å². The minimum Gasteiger partial charge on any atom is -0.305 e. The molecule has 0 atom stereocenters. The third-order valence-electron chi connectivity index (χ3n) is 2.54. The van der Waals surface area contributed by atoms with Crippen LogP contribution in [0.4, 0.5) is 5.82 Å². The molecule has 8 heteroatoms. The van der Waals surface area contributed by atoms with Gasteiger partial charge in [-0.05, 0) is 18.0 Å². The van der Waals surface area contributed by atoms with Gasteiger partial charge in [0.15, 0.2) is 0 Å². The van der Waals surface area contributed by atoms with E-state index in [2.05, 4.69) is 20.0 Å². The Morgan fingerprint density at radius 3 is 3.11 bits per heavy atom. The predicted octanol–water partition coefficient (Wildman–Crippen LogP) is 1.35. The number of anilines is 1. The number of hydrogen-bond donors (Lipinski definition) is 1. The van der Waals surface area contributed by atoms with Crippen molar-refractivity contribution >= 4 is 23.3 Å². The fraction of sp³-hybridized carbons (Fsp3) is 0.364. The molecule has 0 saturated heterocycles. The van der Waals surface area contributed by atoms with Crippen molar-refractivity contribution in [1.29, 1.82) is 5.26 Å². The SMILES string of the molecule is CCCc1nnsc1C(=O)Nc1c(C#N)cnn1C. The number of amides is 1. The Bertz CT molecular complexity index is 638. The van der Waals surface area contributed by atoms with Crippen LogP contribution in [0.5, 0.6) is 0 Å². The molecule has 0 aromatic carbocycles. The number of carbonyl (C=O) groups excluding carboxylic acids is 1. The van der Waals surface area contributed by atoms with E-state index in [9.17, 15) is 4.79 Å². The maximum atomic E-state index is 12.2. The largest absolute Gasteiger partial charge is 0.305 e. The van der Waals surface area contributed by atoms with Gasteiger partial charge in [0.2, 0.25) is 0 Å². The molecule has 7 nitrogen and oxygen atoms in total. The molecule has 0 bridgehead atoms. The van der Waals surface area contributed by atoms with E-state index in [1.54, 1.807) is 7.05 Å². The molecular weight excluding hydrogens is 264 g/mol. The summed E-state index contributed by atoms with van der Waals surface area (Å²) in [5.41, 5.74) is 1.01. The molecule has 0 spiro atoms. The number of aryl methyl sites for hydroxylation is 2. The summed E-state index contributed by atoms with van der Waals surface area (Å²) in [6.45, 7) is 2.01. The Labute approximate surface area is 114 Å². The van der Waals surface area contributed by atoms with E-state index in [-0.39, 0.29) is 5.91 Å². The summed E-state index contributed by atoms with van der Waals surface area (Å²) < 4.78 is 5.25. The van der Waals surface area contributed by atoms with E-state index >= 15 is 0 Å². The minimum absolute atomic E-state index is 0.307. The fourth-order valence-electron chi connectivity index (χ4n) is 1.61. The monoisotopic (exact) mass is 276 g/mol. The highest BCUT2D eigenvalue weighted by Crippen LogP contribution is 2.17. The van der Waals surface area contributed by atoms with Crippen molar-refractivity contribution in [1.82, 2.24) is 19.4 Å². The molecule has 0 aliphatic heterocycles. The van der Waals surface area contributed by atoms with Crippen LogP contribution in [0, 0.1) is 11.3 Å². The van der Waals surface area contributed by atoms with Gasteiger partial charge in [-0.15, -0.1) is 5.10 Å². The first-order chi connectivity index (χ1) is 9.17. The Hall–Kier alpha value is -2.27. The fourth-order valence-corrected chi connectivity index (χ4v) is 2.22. The second kappa shape index (κ2) is 5.58. The van der Waals surface area contributed by atoms with Gasteiger partial charge in [-0.25, -0.2) is 0 Å². The lowest BCUT2D eigenvalue weighted by atomic mass is 10.2. The number of nitrogens with zero attached hydrogens (tertiary/aromatic N) is 5. The van der Waals surface area contributed by atoms with Crippen LogP contribution in [0.15, 0.2) is 6.20 Å². The lowest BCUT2D eigenvalue weighted by molar-refractivity contribution is 0.102. The standard InChI is InChI=1S/C11H12N6OS/c1-3-4-8-9(19-16-15-8)11(18)14-10-7(5-12)6-13-17(10)2/h6H,3-4H2,1-2H3,(H,14,18). The molecule has 0 fully saturated rings. The zero-order chi connectivity index (χ0) is 13.8. The number of carbonyl (C=O) groups is 1. The molecule has 2 rings (SSSR count). The number of hydrogen-bond acceptors (Lipinski definition) is 6. The molecule has 0 aliphatic rings. The van der Waals surface area contributed by atoms with Crippen molar-refractivity contribution in [3.05, 3.63) is 22.3 Å². The molecule has 2 aromatic heterocycles. The molecule has 1 N–H and O–H groups in total. The topological polar surface area (TPSA) is 96.5 Å². The van der Waals surface area contributed by atoms with Crippen molar-refractivity contribution in [2.75, 3.05) is 5.32 Å². The third kappa shape index (κ3) is 2.61. The van der Waals surface area contributed by atoms with E-state index in [0.29, 0.717) is 28.4 Å². The van der Waals surface area contributed by atoms with Gasteiger partial charge in [-0.2, -0.15) is 10.4 Å². The molecule has 19 heavy (non-hydrogen) atoms. The number of rotatable bonds is 4. The van der Waals surface area contributed by atoms with Crippen molar-refractivity contribution in [2.45, 2.75) is 19.8 Å². The quantitative estimate of drug-likeness (QED) is 0.909. The summed E-state index contributed by atoms with van der Waals surface area (Å²) in [4.78, 5) is 12.6. The highest BCUT2D eigenvalue weighted by Gasteiger charge is 2.18. The first kappa shape index (κ1) is 13.2. The highest BCUT2D eigenvalue weighted by molar-refractivity contribution is 7.08. The van der Waals surface area contributed by atoms with E-state index in [4.69, 9.17) is 5.26 Å². The van der Waals surface area contributed by atoms with E-state index in [0.717, 1.165) is 18.0 Å². The summed E-state index contributed by atoms with van der Waals surface area (Å²) >= 11 is 1.05. The van der Waals surface area contributed by atoms with Crippen LogP contribution in [0.3, 0.4) is 0 Å². The minimum atomic E-state index is -0.307. The summed E-state index contributed by atoms with van der Waals surface area (Å²) in [5.74, 6) is 0.0712. The molecule has 0 saturated carbocycles. The predicted molar refractivity (Wildman–Crippen MR) is 69.8 cm³/mol. The summed E-state index contributed by atoms with van der Waals surface area (Å²) in [6, 6.07) is 1.98. The van der Waals surface area contributed by atoms with E-state index in [1.807, 2.05) is 13.0 Å². The average molecular weight is 276 g/mol. The van der Waals surface area contributed by atoms with Crippen molar-refractivity contribution < 1.29 is 4.79 Å². The number of nitriles is 1. The van der Waals surface area contributed by atoms with Gasteiger partial charge in [0.25, 0.3) is 5.91 Å². The van der Waals surface area contributed by atoms with Crippen LogP contribution in [-0.4, -0.2) is 25.3 Å². The van der Waals surface area contributed by atoms with Crippen LogP contribution in [0.2, 0.25) is 0 Å². The van der Waals surface area contributed by atoms with E-state index in [1.165, 1.54) is 10.9 Å². The number of aromatic nitrogens is 4. The lowest BCUT2D eigenvalue weighted by Crippen LogP contribution is -2.15. The molecular formula is C11H12N6OS. The summed E-state index contributed by atoms with van der Waals surface area (Å²) in [6.07, 6.45) is 3.00. The Kier molecular flexibility index (Phi) is 3.87. The maximum Gasteiger partial charge on any atom is 0.270 e. The molecule has 0 aliphatic carbocycles. The number of nitrogens with one attached hydrogen (secondary N) is 1. The van der Waals surface area contributed by atoms with Gasteiger partial charge in [0, 0.05) is 7.05 Å². The molecule has 0 unspecified atom stereocenters. The second-order valence-electron chi connectivity index (χ2n) is 3.90. The lowest BCUT2D eigenvalue weighted by Gasteiger charge is -2.05. The van der Waals surface area contributed by atoms with Gasteiger partial charge in [0.1, 0.15) is 22.3 Å². The summed E-state index contributed by atoms with van der Waals surface area (Å²) in [5, 5.41) is 19.5. The zero-order valence-corrected chi connectivity index (χ0v) is 11.4. The molecule has 2 aromatic rings. The van der Waals surface area contributed by atoms with Crippen molar-refractivity contribution in [3.8, 4) is 6.07 Å². The Morgan fingerprint density at radius 1 is 1.63 bits per heavy atom. The Balaban J connectivity index is 2.24. The van der Waals surface area contributed by atoms with Gasteiger partial charge in [-0.3, -0.25) is 9.48 Å². The van der Waals surface area contributed by atoms with Crippen molar-refractivity contribution in [2.24, 2.45) is 7.05 Å². The zero-order valence-electron chi connectivity index (χ0n) is 10.5. The second-order valence-corrected chi connectivity index (χ2v) is 4.65. The highest BCUT2D eigenvalue weighted by atomic mass is 32.1. The van der Waals surface area contributed by atoms with Crippen LogP contribution in [0.1, 0.15) is 34.3 Å². The van der Waals surface area contributed by atoms with Crippen LogP contribution >= 0.6 is 11.5 Å². The van der Waals surface area contributed by atoms with Gasteiger partial charge in [0.05, 0.1) is 11.9 Å². The van der Waals surface area contributed by atoms with Crippen molar-refractivity contribution in [3.63, 3.8) is 0 Å². The van der Waals surface area contributed by atoms with E-state index < -0.39 is 0 Å². The molecule has 0 radical (unpaired) electrons. The van der Waals surface area contributed by atoms with Crippen LogP contribution < -0.4 is 5.32 Å². The average Bonchev–Trinajstić information content (AvgIpc) is 2.98. The molecule has 1 amide bonds. The molecule has 98 valence electrons. The Morgan fingerprint density at radius 2 is 2.42 bits per heavy atom.